The average molecular weight is 601 g/mol. The van der Waals surface area contributed by atoms with Gasteiger partial charge in [0.05, 0.1) is 0 Å². The molecule has 0 radical (unpaired) electrons. The number of rotatable bonds is 3. The van der Waals surface area contributed by atoms with E-state index in [1.165, 1.54) is 77.9 Å². The van der Waals surface area contributed by atoms with Crippen molar-refractivity contribution in [2.75, 3.05) is 0 Å². The normalized spacial score (nSPS) is 12.9. The summed E-state index contributed by atoms with van der Waals surface area (Å²) in [6, 6.07) is 27.0. The molecule has 0 aromatic heterocycles. The van der Waals surface area contributed by atoms with Gasteiger partial charge in [0.15, 0.2) is 0 Å². The molecule has 0 aliphatic heterocycles. The Morgan fingerprint density at radius 1 is 0.432 bits per heavy atom. The van der Waals surface area contributed by atoms with Crippen LogP contribution in [0.2, 0.25) is 0 Å². The molecule has 0 N–H and O–H groups in total. The van der Waals surface area contributed by atoms with Gasteiger partial charge in [-0.2, -0.15) is 0 Å². The Kier molecular flexibility index (Phi) is 9.29. The summed E-state index contributed by atoms with van der Waals surface area (Å²) in [6.45, 7) is 8.94. The molecule has 0 bridgehead atoms. The van der Waals surface area contributed by atoms with Crippen LogP contribution in [0.1, 0.15) is 55.6 Å². The van der Waals surface area contributed by atoms with Crippen molar-refractivity contribution in [2.45, 2.75) is 40.5 Å². The van der Waals surface area contributed by atoms with Crippen LogP contribution in [0, 0.1) is 27.7 Å². The van der Waals surface area contributed by atoms with Gasteiger partial charge >= 0.3 is 26.2 Å². The van der Waals surface area contributed by atoms with E-state index in [4.69, 9.17) is 0 Å². The molecule has 0 saturated carbocycles. The van der Waals surface area contributed by atoms with Crippen molar-refractivity contribution in [3.63, 3.8) is 0 Å². The van der Waals surface area contributed by atoms with E-state index in [2.05, 4.69) is 113 Å². The Balaban J connectivity index is 0.00000127. The first-order chi connectivity index (χ1) is 16.5. The summed E-state index contributed by atoms with van der Waals surface area (Å²) >= 11 is 0. The van der Waals surface area contributed by atoms with Crippen LogP contribution in [0.4, 0.5) is 0 Å². The molecule has 4 aromatic carbocycles. The summed E-state index contributed by atoms with van der Waals surface area (Å²) in [5, 5.41) is 0. The van der Waals surface area contributed by atoms with E-state index in [1.807, 2.05) is 0 Å². The van der Waals surface area contributed by atoms with Gasteiger partial charge in [0.25, 0.3) is 0 Å². The van der Waals surface area contributed by atoms with E-state index in [-0.39, 0.29) is 51.0 Å². The first-order valence-corrected chi connectivity index (χ1v) is 12.3. The van der Waals surface area contributed by atoms with Crippen molar-refractivity contribution < 1.29 is 51.0 Å². The molecule has 0 nitrogen and oxygen atoms in total. The molecular weight excluding hydrogens is 571 g/mol. The minimum Gasteiger partial charge on any atom is -1.00 e. The first-order valence-electron chi connectivity index (χ1n) is 12.3. The molecule has 0 atom stereocenters. The molecular formula is C34H30Cl2Zr. The maximum Gasteiger partial charge on any atom is 2.00 e. The van der Waals surface area contributed by atoms with Gasteiger partial charge < -0.3 is 24.8 Å². The number of hydrogen-bond acceptors (Lipinski definition) is 0. The maximum absolute atomic E-state index is 2.43. The Bertz CT molecular complexity index is 1420. The molecule has 0 saturated heterocycles. The zero-order valence-corrected chi connectivity index (χ0v) is 25.7. The summed E-state index contributed by atoms with van der Waals surface area (Å²) in [5.41, 5.74) is 19.5. The summed E-state index contributed by atoms with van der Waals surface area (Å²) < 4.78 is 0. The van der Waals surface area contributed by atoms with E-state index < -0.39 is 0 Å². The van der Waals surface area contributed by atoms with Crippen LogP contribution in [-0.2, 0) is 39.0 Å². The Hall–Kier alpha value is -2.18. The third kappa shape index (κ3) is 5.12. The molecule has 37 heavy (non-hydrogen) atoms. The third-order valence-electron chi connectivity index (χ3n) is 7.83. The van der Waals surface area contributed by atoms with Gasteiger partial charge in [-0.25, -0.2) is 0 Å². The van der Waals surface area contributed by atoms with E-state index in [1.54, 1.807) is 0 Å². The summed E-state index contributed by atoms with van der Waals surface area (Å²) in [5.74, 6) is 0. The maximum atomic E-state index is 2.43. The van der Waals surface area contributed by atoms with Crippen molar-refractivity contribution in [3.8, 4) is 11.1 Å². The zero-order chi connectivity index (χ0) is 23.4. The van der Waals surface area contributed by atoms with Gasteiger partial charge in [0.1, 0.15) is 0 Å². The molecule has 0 amide bonds. The fourth-order valence-corrected chi connectivity index (χ4v) is 5.83. The third-order valence-corrected chi connectivity index (χ3v) is 7.83. The number of halogens is 2. The van der Waals surface area contributed by atoms with Crippen molar-refractivity contribution in [1.29, 1.82) is 0 Å². The molecule has 2 aliphatic rings. The molecule has 0 unspecified atom stereocenters. The minimum absolute atomic E-state index is 0. The standard InChI is InChI=1S/C34H30.2ClH.Zr/c1-21-13-14-22(2)32-18-25(17-31(21)32)27-9-5-7-11-29(27)30-12-8-6-10-28(30)26-19-33-23(3)15-16-24(4)34(33)20-26;;;/h5-17,19H,18,20H2,1-4H3;2*1H;/q;;;+2/p-2. The monoisotopic (exact) mass is 598 g/mol. The molecule has 0 fully saturated rings. The van der Waals surface area contributed by atoms with Gasteiger partial charge in [0.2, 0.25) is 0 Å². The van der Waals surface area contributed by atoms with Crippen molar-refractivity contribution in [1.82, 2.24) is 0 Å². The fraction of sp³-hybridized carbons (Fsp3) is 0.176. The van der Waals surface area contributed by atoms with Crippen LogP contribution < -0.4 is 24.8 Å². The van der Waals surface area contributed by atoms with Gasteiger partial charge in [-0.15, -0.1) is 0 Å². The van der Waals surface area contributed by atoms with E-state index >= 15 is 0 Å². The van der Waals surface area contributed by atoms with Crippen LogP contribution in [-0.4, -0.2) is 0 Å². The minimum atomic E-state index is 0. The molecule has 3 heteroatoms. The van der Waals surface area contributed by atoms with Crippen LogP contribution in [0.15, 0.2) is 72.8 Å². The van der Waals surface area contributed by atoms with Gasteiger partial charge in [-0.05, 0) is 118 Å². The van der Waals surface area contributed by atoms with Gasteiger partial charge in [-0.3, -0.25) is 0 Å². The number of hydrogen-bond donors (Lipinski definition) is 0. The molecule has 2 aliphatic carbocycles. The predicted octanol–water partition coefficient (Wildman–Crippen LogP) is 2.79. The van der Waals surface area contributed by atoms with Gasteiger partial charge in [0, 0.05) is 0 Å². The number of allylic oxidation sites excluding steroid dienone is 2. The van der Waals surface area contributed by atoms with Gasteiger partial charge in [-0.1, -0.05) is 84.9 Å². The van der Waals surface area contributed by atoms with Crippen LogP contribution >= 0.6 is 0 Å². The van der Waals surface area contributed by atoms with Crippen molar-refractivity contribution in [2.24, 2.45) is 0 Å². The number of benzene rings is 4. The number of aryl methyl sites for hydroxylation is 4. The van der Waals surface area contributed by atoms with E-state index in [0.717, 1.165) is 12.8 Å². The quantitative estimate of drug-likeness (QED) is 0.340. The largest absolute Gasteiger partial charge is 2.00 e. The number of fused-ring (bicyclic) bond motifs is 2. The summed E-state index contributed by atoms with van der Waals surface area (Å²) in [6.07, 6.45) is 6.87. The van der Waals surface area contributed by atoms with Crippen molar-refractivity contribution in [3.05, 3.63) is 128 Å². The summed E-state index contributed by atoms with van der Waals surface area (Å²) in [4.78, 5) is 0. The van der Waals surface area contributed by atoms with Crippen LogP contribution in [0.3, 0.4) is 0 Å². The Labute approximate surface area is 252 Å². The molecule has 6 rings (SSSR count). The second-order valence-corrected chi connectivity index (χ2v) is 9.97. The Morgan fingerprint density at radius 2 is 0.757 bits per heavy atom. The zero-order valence-electron chi connectivity index (χ0n) is 21.8. The second kappa shape index (κ2) is 11.7. The molecule has 184 valence electrons. The Morgan fingerprint density at radius 3 is 1.11 bits per heavy atom. The second-order valence-electron chi connectivity index (χ2n) is 9.97. The predicted molar refractivity (Wildman–Crippen MR) is 147 cm³/mol. The smallest absolute Gasteiger partial charge is 1.00 e. The molecule has 0 heterocycles. The van der Waals surface area contributed by atoms with E-state index in [9.17, 15) is 0 Å². The molecule has 0 spiro atoms. The summed E-state index contributed by atoms with van der Waals surface area (Å²) in [7, 11) is 0. The van der Waals surface area contributed by atoms with E-state index in [0.29, 0.717) is 0 Å². The van der Waals surface area contributed by atoms with Crippen LogP contribution in [0.25, 0.3) is 34.4 Å². The fourth-order valence-electron chi connectivity index (χ4n) is 5.83. The topological polar surface area (TPSA) is 0 Å². The average Bonchev–Trinajstić information content (AvgIpc) is 3.51. The first kappa shape index (κ1) is 29.4. The van der Waals surface area contributed by atoms with Crippen LogP contribution in [0.5, 0.6) is 0 Å². The molecule has 4 aromatic rings. The SMILES string of the molecule is Cc1ccc(C)c2c1C=C(c1ccccc1-c1ccccc1C1=Cc3c(C)ccc(C)c3C1)C2.[Cl-].[Cl-].[Zr+2]. The van der Waals surface area contributed by atoms with Crippen molar-refractivity contribution >= 4 is 23.3 Å².